The molecule has 0 aromatic carbocycles. The van der Waals surface area contributed by atoms with Gasteiger partial charge in [0.25, 0.3) is 11.8 Å². The van der Waals surface area contributed by atoms with Crippen molar-refractivity contribution in [1.82, 2.24) is 34.6 Å². The van der Waals surface area contributed by atoms with Crippen LogP contribution in [0.25, 0.3) is 0 Å². The third kappa shape index (κ3) is 4.97. The molecule has 3 aromatic heterocycles. The smallest absolute Gasteiger partial charge is 0.278 e. The summed E-state index contributed by atoms with van der Waals surface area (Å²) in [5.41, 5.74) is 1.91. The maximum atomic E-state index is 13.4. The molecular formula is C23H27N9O3. The number of nitrogens with one attached hydrogen (secondary N) is 2. The van der Waals surface area contributed by atoms with E-state index in [-0.39, 0.29) is 29.3 Å². The Bertz CT molecular complexity index is 1220. The van der Waals surface area contributed by atoms with Crippen LogP contribution in [0.4, 0.5) is 17.2 Å². The number of carbonyl (C=O) groups excluding carboxylic acids is 2. The van der Waals surface area contributed by atoms with Crippen LogP contribution >= 0.6 is 0 Å². The maximum absolute atomic E-state index is 13.4. The maximum Gasteiger partial charge on any atom is 0.278 e. The number of ether oxygens (including phenoxy) is 1. The van der Waals surface area contributed by atoms with Crippen LogP contribution in [-0.4, -0.2) is 66.3 Å². The average Bonchev–Trinajstić information content (AvgIpc) is 3.42. The fourth-order valence-electron chi connectivity index (χ4n) is 3.91. The predicted molar refractivity (Wildman–Crippen MR) is 126 cm³/mol. The SMILES string of the molecule is CCn1cc(NC(=O)c2nc(C3CC3)cnc2Nc2cncnc2)c(C(=O)N(C)C2CCCO2)n1. The zero-order valence-electron chi connectivity index (χ0n) is 19.6. The highest BCUT2D eigenvalue weighted by Gasteiger charge is 2.31. The Kier molecular flexibility index (Phi) is 6.36. The molecule has 2 amide bonds. The van der Waals surface area contributed by atoms with Crippen LogP contribution in [0.1, 0.15) is 65.2 Å². The molecule has 0 bridgehead atoms. The molecule has 1 saturated carbocycles. The molecule has 182 valence electrons. The van der Waals surface area contributed by atoms with E-state index in [2.05, 4.69) is 35.7 Å². The van der Waals surface area contributed by atoms with Crippen molar-refractivity contribution in [2.45, 2.75) is 51.3 Å². The molecule has 2 aliphatic rings. The van der Waals surface area contributed by atoms with Gasteiger partial charge in [0.1, 0.15) is 12.6 Å². The summed E-state index contributed by atoms with van der Waals surface area (Å²) < 4.78 is 7.25. The van der Waals surface area contributed by atoms with E-state index in [1.165, 1.54) is 11.2 Å². The summed E-state index contributed by atoms with van der Waals surface area (Å²) in [5, 5.41) is 10.3. The number of aromatic nitrogens is 6. The highest BCUT2D eigenvalue weighted by Crippen LogP contribution is 2.39. The van der Waals surface area contributed by atoms with Crippen LogP contribution in [0.2, 0.25) is 0 Å². The largest absolute Gasteiger partial charge is 0.358 e. The molecule has 35 heavy (non-hydrogen) atoms. The van der Waals surface area contributed by atoms with E-state index >= 15 is 0 Å². The van der Waals surface area contributed by atoms with Crippen molar-refractivity contribution in [3.8, 4) is 0 Å². The molecule has 1 unspecified atom stereocenters. The normalized spacial score (nSPS) is 17.3. The number of hydrogen-bond donors (Lipinski definition) is 2. The Morgan fingerprint density at radius 1 is 1.17 bits per heavy atom. The lowest BCUT2D eigenvalue weighted by molar-refractivity contribution is 0.000554. The summed E-state index contributed by atoms with van der Waals surface area (Å²) in [7, 11) is 1.68. The number of hydrogen-bond acceptors (Lipinski definition) is 9. The van der Waals surface area contributed by atoms with Crippen molar-refractivity contribution in [3.63, 3.8) is 0 Å². The second-order valence-electron chi connectivity index (χ2n) is 8.60. The molecule has 2 fully saturated rings. The van der Waals surface area contributed by atoms with Gasteiger partial charge in [0.2, 0.25) is 0 Å². The van der Waals surface area contributed by atoms with Gasteiger partial charge in [0, 0.05) is 32.3 Å². The Labute approximate surface area is 202 Å². The molecule has 5 rings (SSSR count). The number of amides is 2. The van der Waals surface area contributed by atoms with Gasteiger partial charge in [0.15, 0.2) is 17.2 Å². The fraction of sp³-hybridized carbons (Fsp3) is 0.435. The van der Waals surface area contributed by atoms with Gasteiger partial charge in [-0.2, -0.15) is 5.10 Å². The summed E-state index contributed by atoms with van der Waals surface area (Å²) in [6, 6.07) is 0. The van der Waals surface area contributed by atoms with Crippen molar-refractivity contribution in [2.75, 3.05) is 24.3 Å². The van der Waals surface area contributed by atoms with E-state index < -0.39 is 5.91 Å². The highest BCUT2D eigenvalue weighted by atomic mass is 16.5. The lowest BCUT2D eigenvalue weighted by Gasteiger charge is -2.23. The van der Waals surface area contributed by atoms with Crippen molar-refractivity contribution < 1.29 is 14.3 Å². The van der Waals surface area contributed by atoms with Crippen LogP contribution in [0.3, 0.4) is 0 Å². The van der Waals surface area contributed by atoms with Crippen LogP contribution in [0.5, 0.6) is 0 Å². The molecule has 0 radical (unpaired) electrons. The summed E-state index contributed by atoms with van der Waals surface area (Å²) in [6.07, 6.45) is 11.3. The van der Waals surface area contributed by atoms with Crippen LogP contribution < -0.4 is 10.6 Å². The molecule has 2 N–H and O–H groups in total. The first-order valence-electron chi connectivity index (χ1n) is 11.7. The quantitative estimate of drug-likeness (QED) is 0.501. The topological polar surface area (TPSA) is 140 Å². The van der Waals surface area contributed by atoms with E-state index in [1.54, 1.807) is 36.5 Å². The number of carbonyl (C=O) groups is 2. The van der Waals surface area contributed by atoms with Gasteiger partial charge >= 0.3 is 0 Å². The number of nitrogens with zero attached hydrogens (tertiary/aromatic N) is 7. The predicted octanol–water partition coefficient (Wildman–Crippen LogP) is 2.56. The van der Waals surface area contributed by atoms with E-state index in [4.69, 9.17) is 4.74 Å². The van der Waals surface area contributed by atoms with Crippen LogP contribution in [0.15, 0.2) is 31.1 Å². The summed E-state index contributed by atoms with van der Waals surface area (Å²) >= 11 is 0. The summed E-state index contributed by atoms with van der Waals surface area (Å²) in [4.78, 5) is 45.2. The van der Waals surface area contributed by atoms with Crippen LogP contribution in [0, 0.1) is 0 Å². The fourth-order valence-corrected chi connectivity index (χ4v) is 3.91. The molecule has 1 saturated heterocycles. The Morgan fingerprint density at radius 3 is 2.66 bits per heavy atom. The van der Waals surface area contributed by atoms with Gasteiger partial charge in [0.05, 0.1) is 35.7 Å². The van der Waals surface area contributed by atoms with E-state index in [9.17, 15) is 9.59 Å². The standard InChI is InChI=1S/C23H27N9O3/c1-3-32-12-17(19(30-32)23(34)31(2)18-5-4-8-35-18)29-22(33)20-21(27-15-9-24-13-25-10-15)26-11-16(28-20)14-6-7-14/h9-14,18H,3-8H2,1-2H3,(H,26,27)(H,29,33). The van der Waals surface area contributed by atoms with E-state index in [0.29, 0.717) is 30.4 Å². The molecule has 4 heterocycles. The monoisotopic (exact) mass is 477 g/mol. The Balaban J connectivity index is 1.43. The zero-order valence-corrected chi connectivity index (χ0v) is 19.6. The van der Waals surface area contributed by atoms with Gasteiger partial charge in [-0.15, -0.1) is 0 Å². The molecule has 1 aliphatic carbocycles. The summed E-state index contributed by atoms with van der Waals surface area (Å²) in [5.74, 6) is -0.238. The van der Waals surface area contributed by atoms with Gasteiger partial charge in [-0.1, -0.05) is 0 Å². The number of aryl methyl sites for hydroxylation is 1. The molecular weight excluding hydrogens is 450 g/mol. The molecule has 0 spiro atoms. The molecule has 12 nitrogen and oxygen atoms in total. The Morgan fingerprint density at radius 2 is 1.97 bits per heavy atom. The van der Waals surface area contributed by atoms with Gasteiger partial charge in [-0.3, -0.25) is 14.3 Å². The third-order valence-corrected chi connectivity index (χ3v) is 6.02. The van der Waals surface area contributed by atoms with Crippen molar-refractivity contribution >= 4 is 29.0 Å². The molecule has 3 aromatic rings. The molecule has 12 heteroatoms. The van der Waals surface area contributed by atoms with Gasteiger partial charge < -0.3 is 20.3 Å². The zero-order chi connectivity index (χ0) is 24.4. The highest BCUT2D eigenvalue weighted by molar-refractivity contribution is 6.09. The first-order chi connectivity index (χ1) is 17.0. The van der Waals surface area contributed by atoms with Crippen molar-refractivity contribution in [3.05, 3.63) is 48.2 Å². The van der Waals surface area contributed by atoms with Crippen LogP contribution in [-0.2, 0) is 11.3 Å². The van der Waals surface area contributed by atoms with E-state index in [1.807, 2.05) is 6.92 Å². The van der Waals surface area contributed by atoms with E-state index in [0.717, 1.165) is 31.4 Å². The number of anilines is 3. The third-order valence-electron chi connectivity index (χ3n) is 6.02. The van der Waals surface area contributed by atoms with Gasteiger partial charge in [-0.25, -0.2) is 19.9 Å². The minimum atomic E-state index is -0.496. The Hall–Kier alpha value is -3.93. The second kappa shape index (κ2) is 9.74. The van der Waals surface area contributed by atoms with Crippen molar-refractivity contribution in [2.24, 2.45) is 0 Å². The second-order valence-corrected chi connectivity index (χ2v) is 8.60. The van der Waals surface area contributed by atoms with Gasteiger partial charge in [-0.05, 0) is 32.6 Å². The molecule has 1 aliphatic heterocycles. The first kappa shape index (κ1) is 22.8. The lowest BCUT2D eigenvalue weighted by Crippen LogP contribution is -2.37. The molecule has 1 atom stereocenters. The summed E-state index contributed by atoms with van der Waals surface area (Å²) in [6.45, 7) is 3.07. The average molecular weight is 478 g/mol. The first-order valence-corrected chi connectivity index (χ1v) is 11.7. The van der Waals surface area contributed by atoms with Crippen molar-refractivity contribution in [1.29, 1.82) is 0 Å². The minimum Gasteiger partial charge on any atom is -0.358 e. The number of rotatable bonds is 8. The lowest BCUT2D eigenvalue weighted by atomic mass is 10.2. The minimum absolute atomic E-state index is 0.119.